The summed E-state index contributed by atoms with van der Waals surface area (Å²) in [4.78, 5) is 28.8. The van der Waals surface area contributed by atoms with Crippen molar-refractivity contribution in [1.29, 1.82) is 0 Å². The van der Waals surface area contributed by atoms with E-state index in [2.05, 4.69) is 27.9 Å². The van der Waals surface area contributed by atoms with Crippen LogP contribution >= 0.6 is 22.6 Å². The standard InChI is InChI=1S/C29H33IN2O4/c1-4-21(2)31-29(34)27(18-22-9-6-5-7-10-22)32(19-23-11-8-12-26(17-23)35-3)28(33)20-36-25-15-13-24(30)14-16-25/h5-17,21,27H,4,18-20H2,1-3H3,(H,31,34)/t21-,27-/m1/s1. The van der Waals surface area contributed by atoms with Gasteiger partial charge in [0.25, 0.3) is 5.91 Å². The number of amides is 2. The highest BCUT2D eigenvalue weighted by Gasteiger charge is 2.31. The summed E-state index contributed by atoms with van der Waals surface area (Å²) >= 11 is 2.22. The first-order valence-corrected chi connectivity index (χ1v) is 13.1. The van der Waals surface area contributed by atoms with Crippen LogP contribution in [0, 0.1) is 3.57 Å². The van der Waals surface area contributed by atoms with Crippen LogP contribution in [-0.4, -0.2) is 42.5 Å². The molecule has 0 radical (unpaired) electrons. The first-order chi connectivity index (χ1) is 17.4. The second-order valence-corrected chi connectivity index (χ2v) is 9.88. The molecule has 0 spiro atoms. The van der Waals surface area contributed by atoms with E-state index >= 15 is 0 Å². The van der Waals surface area contributed by atoms with Crippen LogP contribution in [0.3, 0.4) is 0 Å². The van der Waals surface area contributed by atoms with Crippen LogP contribution in [0.1, 0.15) is 31.4 Å². The third-order valence-corrected chi connectivity index (χ3v) is 6.65. The Balaban J connectivity index is 1.92. The van der Waals surface area contributed by atoms with Crippen molar-refractivity contribution in [2.45, 2.75) is 45.3 Å². The quantitative estimate of drug-likeness (QED) is 0.289. The summed E-state index contributed by atoms with van der Waals surface area (Å²) in [6.07, 6.45) is 1.19. The molecule has 0 saturated heterocycles. The Labute approximate surface area is 227 Å². The first kappa shape index (κ1) is 27.5. The predicted molar refractivity (Wildman–Crippen MR) is 150 cm³/mol. The Kier molecular flexibility index (Phi) is 10.6. The lowest BCUT2D eigenvalue weighted by Crippen LogP contribution is -2.53. The molecule has 0 aliphatic carbocycles. The molecule has 2 atom stereocenters. The Morgan fingerprint density at radius 3 is 2.31 bits per heavy atom. The Morgan fingerprint density at radius 2 is 1.64 bits per heavy atom. The van der Waals surface area contributed by atoms with Crippen molar-refractivity contribution in [3.8, 4) is 11.5 Å². The van der Waals surface area contributed by atoms with Gasteiger partial charge in [0, 0.05) is 22.6 Å². The van der Waals surface area contributed by atoms with Gasteiger partial charge in [0.2, 0.25) is 5.91 Å². The van der Waals surface area contributed by atoms with Gasteiger partial charge in [-0.1, -0.05) is 49.4 Å². The van der Waals surface area contributed by atoms with Gasteiger partial charge in [-0.05, 0) is 83.5 Å². The second-order valence-electron chi connectivity index (χ2n) is 8.64. The summed E-state index contributed by atoms with van der Waals surface area (Å²) in [6, 6.07) is 24.1. The number of halogens is 1. The molecule has 7 heteroatoms. The highest BCUT2D eigenvalue weighted by molar-refractivity contribution is 14.1. The molecule has 2 amide bonds. The molecular weight excluding hydrogens is 567 g/mol. The van der Waals surface area contributed by atoms with Gasteiger partial charge in [0.1, 0.15) is 17.5 Å². The monoisotopic (exact) mass is 600 g/mol. The molecule has 0 aliphatic rings. The number of methoxy groups -OCH3 is 1. The van der Waals surface area contributed by atoms with Crippen LogP contribution in [0.5, 0.6) is 11.5 Å². The van der Waals surface area contributed by atoms with Crippen molar-refractivity contribution < 1.29 is 19.1 Å². The summed E-state index contributed by atoms with van der Waals surface area (Å²) in [7, 11) is 1.61. The van der Waals surface area contributed by atoms with Crippen molar-refractivity contribution in [2.24, 2.45) is 0 Å². The second kappa shape index (κ2) is 13.9. The number of carbonyl (C=O) groups excluding carboxylic acids is 2. The van der Waals surface area contributed by atoms with Gasteiger partial charge in [-0.25, -0.2) is 0 Å². The molecule has 36 heavy (non-hydrogen) atoms. The Hall–Kier alpha value is -3.07. The molecule has 3 aromatic carbocycles. The van der Waals surface area contributed by atoms with Gasteiger partial charge in [-0.3, -0.25) is 9.59 Å². The third-order valence-electron chi connectivity index (χ3n) is 5.94. The van der Waals surface area contributed by atoms with E-state index in [0.717, 1.165) is 21.1 Å². The van der Waals surface area contributed by atoms with Gasteiger partial charge in [-0.2, -0.15) is 0 Å². The lowest BCUT2D eigenvalue weighted by molar-refractivity contribution is -0.143. The summed E-state index contributed by atoms with van der Waals surface area (Å²) in [5.41, 5.74) is 1.84. The summed E-state index contributed by atoms with van der Waals surface area (Å²) in [5, 5.41) is 3.07. The van der Waals surface area contributed by atoms with Gasteiger partial charge in [0.05, 0.1) is 7.11 Å². The molecule has 6 nitrogen and oxygen atoms in total. The maximum absolute atomic E-state index is 13.6. The van der Waals surface area contributed by atoms with E-state index in [1.165, 1.54) is 0 Å². The van der Waals surface area contributed by atoms with Crippen molar-refractivity contribution in [2.75, 3.05) is 13.7 Å². The van der Waals surface area contributed by atoms with E-state index in [1.54, 1.807) is 12.0 Å². The lowest BCUT2D eigenvalue weighted by Gasteiger charge is -2.32. The summed E-state index contributed by atoms with van der Waals surface area (Å²) in [5.74, 6) is 0.850. The molecule has 0 aromatic heterocycles. The van der Waals surface area contributed by atoms with Crippen molar-refractivity contribution in [1.82, 2.24) is 10.2 Å². The molecular formula is C29H33IN2O4. The number of nitrogens with one attached hydrogen (secondary N) is 1. The number of nitrogens with zero attached hydrogens (tertiary/aromatic N) is 1. The molecule has 0 aliphatic heterocycles. The molecule has 0 fully saturated rings. The molecule has 0 bridgehead atoms. The van der Waals surface area contributed by atoms with Gasteiger partial charge >= 0.3 is 0 Å². The molecule has 3 rings (SSSR count). The van der Waals surface area contributed by atoms with Crippen LogP contribution in [0.4, 0.5) is 0 Å². The highest BCUT2D eigenvalue weighted by Crippen LogP contribution is 2.20. The van der Waals surface area contributed by atoms with Gasteiger partial charge in [-0.15, -0.1) is 0 Å². The van der Waals surface area contributed by atoms with Gasteiger partial charge < -0.3 is 19.7 Å². The van der Waals surface area contributed by atoms with E-state index < -0.39 is 6.04 Å². The van der Waals surface area contributed by atoms with Crippen LogP contribution in [-0.2, 0) is 22.6 Å². The maximum Gasteiger partial charge on any atom is 0.261 e. The fraction of sp³-hybridized carbons (Fsp3) is 0.310. The zero-order valence-electron chi connectivity index (χ0n) is 20.9. The minimum absolute atomic E-state index is 0.00686. The molecule has 190 valence electrons. The minimum atomic E-state index is -0.708. The Morgan fingerprint density at radius 1 is 0.944 bits per heavy atom. The first-order valence-electron chi connectivity index (χ1n) is 12.0. The highest BCUT2D eigenvalue weighted by atomic mass is 127. The van der Waals surface area contributed by atoms with Crippen LogP contribution in [0.25, 0.3) is 0 Å². The van der Waals surface area contributed by atoms with Gasteiger partial charge in [0.15, 0.2) is 6.61 Å². The smallest absolute Gasteiger partial charge is 0.261 e. The largest absolute Gasteiger partial charge is 0.497 e. The van der Waals surface area contributed by atoms with E-state index in [0.29, 0.717) is 17.9 Å². The van der Waals surface area contributed by atoms with Crippen LogP contribution in [0.2, 0.25) is 0 Å². The van der Waals surface area contributed by atoms with Crippen molar-refractivity contribution in [3.63, 3.8) is 0 Å². The number of ether oxygens (including phenoxy) is 2. The lowest BCUT2D eigenvalue weighted by atomic mass is 10.0. The number of hydrogen-bond acceptors (Lipinski definition) is 4. The van der Waals surface area contributed by atoms with E-state index in [9.17, 15) is 9.59 Å². The van der Waals surface area contributed by atoms with Crippen molar-refractivity contribution in [3.05, 3.63) is 93.6 Å². The topological polar surface area (TPSA) is 67.9 Å². The van der Waals surface area contributed by atoms with E-state index in [-0.39, 0.29) is 31.0 Å². The van der Waals surface area contributed by atoms with E-state index in [4.69, 9.17) is 9.47 Å². The van der Waals surface area contributed by atoms with Crippen LogP contribution in [0.15, 0.2) is 78.9 Å². The molecule has 0 heterocycles. The van der Waals surface area contributed by atoms with Crippen LogP contribution < -0.4 is 14.8 Å². The Bertz CT molecular complexity index is 1120. The number of benzene rings is 3. The average molecular weight is 600 g/mol. The minimum Gasteiger partial charge on any atom is -0.497 e. The number of hydrogen-bond donors (Lipinski definition) is 1. The molecule has 1 N–H and O–H groups in total. The number of rotatable bonds is 12. The molecule has 0 unspecified atom stereocenters. The fourth-order valence-corrected chi connectivity index (χ4v) is 4.08. The van der Waals surface area contributed by atoms with E-state index in [1.807, 2.05) is 92.7 Å². The summed E-state index contributed by atoms with van der Waals surface area (Å²) < 4.78 is 12.3. The third kappa shape index (κ3) is 8.26. The zero-order valence-corrected chi connectivity index (χ0v) is 23.1. The average Bonchev–Trinajstić information content (AvgIpc) is 2.90. The molecule has 3 aromatic rings. The fourth-order valence-electron chi connectivity index (χ4n) is 3.72. The molecule has 0 saturated carbocycles. The normalized spacial score (nSPS) is 12.3. The number of carbonyl (C=O) groups is 2. The predicted octanol–water partition coefficient (Wildman–Crippen LogP) is 5.23. The summed E-state index contributed by atoms with van der Waals surface area (Å²) in [6.45, 7) is 4.06. The zero-order chi connectivity index (χ0) is 25.9. The SMILES string of the molecule is CC[C@@H](C)NC(=O)[C@@H](Cc1ccccc1)N(Cc1cccc(OC)c1)C(=O)COc1ccc(I)cc1. The van der Waals surface area contributed by atoms with Crippen molar-refractivity contribution >= 4 is 34.4 Å². The maximum atomic E-state index is 13.6.